The number of aryl methyl sites for hydroxylation is 2. The van der Waals surface area contributed by atoms with Gasteiger partial charge in [0.15, 0.2) is 0 Å². The SMILES string of the molecule is Cc1ccc2ssc2c1C. The lowest BCUT2D eigenvalue weighted by Crippen LogP contribution is -1.80. The van der Waals surface area contributed by atoms with Gasteiger partial charge in [-0.1, -0.05) is 26.7 Å². The van der Waals surface area contributed by atoms with Gasteiger partial charge in [-0.3, -0.25) is 0 Å². The third kappa shape index (κ3) is 0.724. The third-order valence-corrected chi connectivity index (χ3v) is 4.57. The van der Waals surface area contributed by atoms with Crippen molar-refractivity contribution in [1.29, 1.82) is 0 Å². The van der Waals surface area contributed by atoms with Crippen molar-refractivity contribution in [3.8, 4) is 0 Å². The average Bonchev–Trinajstić information content (AvgIpc) is 1.82. The second-order valence-corrected chi connectivity index (χ2v) is 4.68. The largest absolute Gasteiger partial charge is 0.0785 e. The predicted octanol–water partition coefficient (Wildman–Crippen LogP) is 3.58. The first-order valence-corrected chi connectivity index (χ1v) is 5.39. The summed E-state index contributed by atoms with van der Waals surface area (Å²) in [5.41, 5.74) is 2.87. The number of fused-ring (bicyclic) bond motifs is 1. The van der Waals surface area contributed by atoms with Crippen LogP contribution in [0.15, 0.2) is 12.1 Å². The molecular weight excluding hydrogens is 160 g/mol. The first-order valence-electron chi connectivity index (χ1n) is 3.24. The monoisotopic (exact) mass is 168 g/mol. The van der Waals surface area contributed by atoms with Crippen molar-refractivity contribution >= 4 is 30.1 Å². The van der Waals surface area contributed by atoms with Crippen LogP contribution in [0.4, 0.5) is 0 Å². The summed E-state index contributed by atoms with van der Waals surface area (Å²) in [5, 5.41) is 0. The van der Waals surface area contributed by atoms with E-state index in [1.165, 1.54) is 20.5 Å². The van der Waals surface area contributed by atoms with Gasteiger partial charge in [0, 0.05) is 0 Å². The van der Waals surface area contributed by atoms with E-state index < -0.39 is 0 Å². The lowest BCUT2D eigenvalue weighted by molar-refractivity contribution is 1.39. The molecule has 0 saturated heterocycles. The quantitative estimate of drug-likeness (QED) is 0.527. The molecule has 0 atom stereocenters. The first kappa shape index (κ1) is 6.38. The van der Waals surface area contributed by atoms with E-state index in [0.717, 1.165) is 0 Å². The zero-order valence-corrected chi connectivity index (χ0v) is 7.60. The van der Waals surface area contributed by atoms with Crippen molar-refractivity contribution in [3.63, 3.8) is 0 Å². The molecule has 0 N–H and O–H groups in total. The summed E-state index contributed by atoms with van der Waals surface area (Å²) in [6.07, 6.45) is 0. The third-order valence-electron chi connectivity index (χ3n) is 1.86. The zero-order valence-electron chi connectivity index (χ0n) is 5.97. The van der Waals surface area contributed by atoms with Crippen LogP contribution in [0.25, 0.3) is 9.40 Å². The van der Waals surface area contributed by atoms with Crippen LogP contribution in [0.3, 0.4) is 0 Å². The molecule has 0 aliphatic carbocycles. The van der Waals surface area contributed by atoms with E-state index in [1.807, 2.05) is 20.7 Å². The van der Waals surface area contributed by atoms with Crippen molar-refractivity contribution in [1.82, 2.24) is 0 Å². The molecule has 0 nitrogen and oxygen atoms in total. The second-order valence-electron chi connectivity index (χ2n) is 2.50. The highest BCUT2D eigenvalue weighted by molar-refractivity contribution is 7.78. The molecule has 0 radical (unpaired) electrons. The molecule has 1 aromatic carbocycles. The van der Waals surface area contributed by atoms with Crippen molar-refractivity contribution in [3.05, 3.63) is 23.3 Å². The van der Waals surface area contributed by atoms with Crippen LogP contribution in [-0.4, -0.2) is 0 Å². The van der Waals surface area contributed by atoms with Crippen molar-refractivity contribution in [2.45, 2.75) is 13.8 Å². The Morgan fingerprint density at radius 3 is 2.40 bits per heavy atom. The van der Waals surface area contributed by atoms with E-state index in [9.17, 15) is 0 Å². The summed E-state index contributed by atoms with van der Waals surface area (Å²) in [6, 6.07) is 4.40. The summed E-state index contributed by atoms with van der Waals surface area (Å²) in [6.45, 7) is 4.36. The summed E-state index contributed by atoms with van der Waals surface area (Å²) in [7, 11) is 3.76. The second kappa shape index (κ2) is 2.07. The Morgan fingerprint density at radius 2 is 1.90 bits per heavy atom. The van der Waals surface area contributed by atoms with Gasteiger partial charge in [0.2, 0.25) is 0 Å². The molecule has 0 unspecified atom stereocenters. The maximum Gasteiger partial charge on any atom is 0.0589 e. The minimum absolute atomic E-state index is 1.41. The molecule has 2 rings (SSSR count). The predicted molar refractivity (Wildman–Crippen MR) is 49.2 cm³/mol. The van der Waals surface area contributed by atoms with Gasteiger partial charge >= 0.3 is 0 Å². The Bertz CT molecular complexity index is 354. The molecule has 0 saturated carbocycles. The van der Waals surface area contributed by atoms with Crippen LogP contribution in [0.1, 0.15) is 11.1 Å². The molecule has 0 bridgehead atoms. The highest BCUT2D eigenvalue weighted by atomic mass is 32.9. The fraction of sp³-hybridized carbons (Fsp3) is 0.250. The van der Waals surface area contributed by atoms with Gasteiger partial charge in [-0.25, -0.2) is 0 Å². The molecule has 0 fully saturated rings. The van der Waals surface area contributed by atoms with Gasteiger partial charge in [0.05, 0.1) is 9.40 Å². The van der Waals surface area contributed by atoms with Crippen molar-refractivity contribution < 1.29 is 0 Å². The number of benzene rings is 1. The van der Waals surface area contributed by atoms with Gasteiger partial charge in [0.25, 0.3) is 0 Å². The Labute approximate surface area is 67.5 Å². The fourth-order valence-corrected chi connectivity index (χ4v) is 3.21. The van der Waals surface area contributed by atoms with Crippen LogP contribution < -0.4 is 0 Å². The normalized spacial score (nSPS) is 11.0. The molecular formula is C8H8S2. The van der Waals surface area contributed by atoms with Crippen molar-refractivity contribution in [2.75, 3.05) is 0 Å². The fourth-order valence-electron chi connectivity index (χ4n) is 0.987. The van der Waals surface area contributed by atoms with E-state index in [-0.39, 0.29) is 0 Å². The standard InChI is InChI=1S/C8H8S2/c1-5-3-4-7-8(6(5)2)10-9-7/h3-4H,1-2H3. The summed E-state index contributed by atoms with van der Waals surface area (Å²) in [4.78, 5) is 0. The van der Waals surface area contributed by atoms with Gasteiger partial charge in [-0.15, -0.1) is 0 Å². The maximum absolute atomic E-state index is 2.21. The van der Waals surface area contributed by atoms with E-state index in [0.29, 0.717) is 0 Å². The molecule has 0 spiro atoms. The van der Waals surface area contributed by atoms with Crippen LogP contribution in [-0.2, 0) is 0 Å². The molecule has 0 aliphatic rings. The van der Waals surface area contributed by atoms with Gasteiger partial charge < -0.3 is 0 Å². The molecule has 0 amide bonds. The van der Waals surface area contributed by atoms with Gasteiger partial charge in [0.1, 0.15) is 0 Å². The Hall–Kier alpha value is -0.340. The van der Waals surface area contributed by atoms with Crippen LogP contribution in [0.2, 0.25) is 0 Å². The average molecular weight is 168 g/mol. The molecule has 10 heavy (non-hydrogen) atoms. The molecule has 2 aromatic rings. The number of rotatable bonds is 0. The van der Waals surface area contributed by atoms with E-state index in [1.54, 1.807) is 0 Å². The topological polar surface area (TPSA) is 0 Å². The maximum atomic E-state index is 2.21. The highest BCUT2D eigenvalue weighted by Crippen LogP contribution is 2.35. The van der Waals surface area contributed by atoms with Crippen molar-refractivity contribution in [2.24, 2.45) is 0 Å². The van der Waals surface area contributed by atoms with E-state index in [2.05, 4.69) is 26.0 Å². The van der Waals surface area contributed by atoms with Gasteiger partial charge in [-0.2, -0.15) is 0 Å². The minimum atomic E-state index is 1.41. The highest BCUT2D eigenvalue weighted by Gasteiger charge is 2.03. The van der Waals surface area contributed by atoms with Gasteiger partial charge in [-0.05, 0) is 31.0 Å². The molecule has 1 aromatic heterocycles. The summed E-state index contributed by atoms with van der Waals surface area (Å²) < 4.78 is 2.94. The summed E-state index contributed by atoms with van der Waals surface area (Å²) >= 11 is 0. The molecule has 2 heteroatoms. The molecule has 52 valence electrons. The van der Waals surface area contributed by atoms with Crippen LogP contribution in [0.5, 0.6) is 0 Å². The number of hydrogen-bond acceptors (Lipinski definition) is 2. The first-order chi connectivity index (χ1) is 4.79. The Kier molecular flexibility index (Phi) is 1.32. The minimum Gasteiger partial charge on any atom is -0.0785 e. The lowest BCUT2D eigenvalue weighted by atomic mass is 10.1. The molecule has 1 heterocycles. The molecule has 0 aliphatic heterocycles. The Balaban J connectivity index is 2.84. The van der Waals surface area contributed by atoms with E-state index in [4.69, 9.17) is 0 Å². The van der Waals surface area contributed by atoms with E-state index >= 15 is 0 Å². The smallest absolute Gasteiger partial charge is 0.0589 e. The number of hydrogen-bond donors (Lipinski definition) is 0. The van der Waals surface area contributed by atoms with Crippen LogP contribution >= 0.6 is 20.7 Å². The lowest BCUT2D eigenvalue weighted by Gasteiger charge is -2.04. The van der Waals surface area contributed by atoms with Crippen LogP contribution in [0, 0.1) is 13.8 Å². The zero-order chi connectivity index (χ0) is 7.14. The Morgan fingerprint density at radius 1 is 1.10 bits per heavy atom. The summed E-state index contributed by atoms with van der Waals surface area (Å²) in [5.74, 6) is 0.